The first-order valence-electron chi connectivity index (χ1n) is 11.2. The molecule has 30 heavy (non-hydrogen) atoms. The van der Waals surface area contributed by atoms with E-state index in [4.69, 9.17) is 0 Å². The molecule has 1 unspecified atom stereocenters. The second-order valence-corrected chi connectivity index (χ2v) is 8.51. The number of hydrogen-bond donors (Lipinski definition) is 1. The number of rotatable bonds is 8. The molecule has 0 aromatic heterocycles. The summed E-state index contributed by atoms with van der Waals surface area (Å²) in [7, 11) is 0. The van der Waals surface area contributed by atoms with Gasteiger partial charge in [-0.1, -0.05) is 79.4 Å². The molecule has 1 aliphatic rings. The van der Waals surface area contributed by atoms with E-state index in [0.29, 0.717) is 13.0 Å². The van der Waals surface area contributed by atoms with Gasteiger partial charge in [-0.25, -0.2) is 0 Å². The average Bonchev–Trinajstić information content (AvgIpc) is 2.75. The van der Waals surface area contributed by atoms with Crippen molar-refractivity contribution in [3.63, 3.8) is 0 Å². The van der Waals surface area contributed by atoms with Crippen LogP contribution in [0.4, 0.5) is 0 Å². The first kappa shape index (κ1) is 22.1. The second-order valence-electron chi connectivity index (χ2n) is 8.51. The van der Waals surface area contributed by atoms with Gasteiger partial charge in [0.15, 0.2) is 0 Å². The summed E-state index contributed by atoms with van der Waals surface area (Å²) in [5.74, 6) is -0.0321. The lowest BCUT2D eigenvalue weighted by Gasteiger charge is -2.31. The SMILES string of the molecule is Cc1cccc(CC(=O)N(CCc2ccccc2)C(C)C(=O)NC2CCCCC2)c1. The summed E-state index contributed by atoms with van der Waals surface area (Å²) in [6.07, 6.45) is 6.73. The van der Waals surface area contributed by atoms with Crippen molar-refractivity contribution in [2.24, 2.45) is 0 Å². The molecule has 0 spiro atoms. The molecule has 2 amide bonds. The fraction of sp³-hybridized carbons (Fsp3) is 0.462. The van der Waals surface area contributed by atoms with Crippen LogP contribution in [0.1, 0.15) is 55.7 Å². The quantitative estimate of drug-likeness (QED) is 0.704. The standard InChI is InChI=1S/C26H34N2O2/c1-20-10-9-13-23(18-20)19-25(29)28(17-16-22-11-5-3-6-12-22)21(2)26(30)27-24-14-7-4-8-15-24/h3,5-6,9-13,18,21,24H,4,7-8,14-17,19H2,1-2H3,(H,27,30). The summed E-state index contributed by atoms with van der Waals surface area (Å²) in [6.45, 7) is 4.42. The molecule has 0 aliphatic heterocycles. The third-order valence-corrected chi connectivity index (χ3v) is 6.04. The zero-order chi connectivity index (χ0) is 21.3. The normalized spacial score (nSPS) is 15.4. The lowest BCUT2D eigenvalue weighted by atomic mass is 9.95. The number of aryl methyl sites for hydroxylation is 1. The van der Waals surface area contributed by atoms with Gasteiger partial charge in [-0.2, -0.15) is 0 Å². The molecule has 1 N–H and O–H groups in total. The highest BCUT2D eigenvalue weighted by Gasteiger charge is 2.27. The molecule has 1 fully saturated rings. The maximum Gasteiger partial charge on any atom is 0.242 e. The molecule has 0 saturated heterocycles. The lowest BCUT2D eigenvalue weighted by molar-refractivity contribution is -0.139. The van der Waals surface area contributed by atoms with Gasteiger partial charge in [0.1, 0.15) is 6.04 Å². The average molecular weight is 407 g/mol. The van der Waals surface area contributed by atoms with Gasteiger partial charge in [0.05, 0.1) is 6.42 Å². The van der Waals surface area contributed by atoms with Crippen LogP contribution in [0.5, 0.6) is 0 Å². The highest BCUT2D eigenvalue weighted by Crippen LogP contribution is 2.18. The fourth-order valence-electron chi connectivity index (χ4n) is 4.24. The van der Waals surface area contributed by atoms with Gasteiger partial charge in [0.25, 0.3) is 0 Å². The Morgan fingerprint density at radius 3 is 2.40 bits per heavy atom. The molecule has 2 aromatic carbocycles. The van der Waals surface area contributed by atoms with Crippen LogP contribution in [-0.4, -0.2) is 35.3 Å². The number of carbonyl (C=O) groups excluding carboxylic acids is 2. The van der Waals surface area contributed by atoms with Gasteiger partial charge < -0.3 is 10.2 Å². The summed E-state index contributed by atoms with van der Waals surface area (Å²) >= 11 is 0. The van der Waals surface area contributed by atoms with Gasteiger partial charge in [0.2, 0.25) is 11.8 Å². The zero-order valence-corrected chi connectivity index (χ0v) is 18.3. The molecule has 0 radical (unpaired) electrons. The molecule has 4 nitrogen and oxygen atoms in total. The number of carbonyl (C=O) groups is 2. The van der Waals surface area contributed by atoms with Crippen LogP contribution in [0, 0.1) is 6.92 Å². The molecule has 3 rings (SSSR count). The van der Waals surface area contributed by atoms with Crippen LogP contribution in [0.15, 0.2) is 54.6 Å². The molecule has 2 aromatic rings. The highest BCUT2D eigenvalue weighted by atomic mass is 16.2. The van der Waals surface area contributed by atoms with Crippen molar-refractivity contribution in [3.05, 3.63) is 71.3 Å². The van der Waals surface area contributed by atoms with Gasteiger partial charge in [0, 0.05) is 12.6 Å². The summed E-state index contributed by atoms with van der Waals surface area (Å²) in [4.78, 5) is 28.0. The number of nitrogens with zero attached hydrogens (tertiary/aromatic N) is 1. The largest absolute Gasteiger partial charge is 0.352 e. The van der Waals surface area contributed by atoms with Crippen LogP contribution in [0.2, 0.25) is 0 Å². The topological polar surface area (TPSA) is 49.4 Å². The second kappa shape index (κ2) is 11.0. The van der Waals surface area contributed by atoms with Crippen LogP contribution >= 0.6 is 0 Å². The van der Waals surface area contributed by atoms with Gasteiger partial charge >= 0.3 is 0 Å². The first-order chi connectivity index (χ1) is 14.5. The number of amides is 2. The summed E-state index contributed by atoms with van der Waals surface area (Å²) < 4.78 is 0. The minimum atomic E-state index is -0.479. The van der Waals surface area contributed by atoms with Crippen molar-refractivity contribution < 1.29 is 9.59 Å². The van der Waals surface area contributed by atoms with Gasteiger partial charge in [-0.3, -0.25) is 9.59 Å². The third-order valence-electron chi connectivity index (χ3n) is 6.04. The van der Waals surface area contributed by atoms with E-state index in [1.807, 2.05) is 56.3 Å². The Balaban J connectivity index is 1.69. The van der Waals surface area contributed by atoms with E-state index < -0.39 is 6.04 Å². The van der Waals surface area contributed by atoms with Crippen molar-refractivity contribution in [1.82, 2.24) is 10.2 Å². The molecule has 160 valence electrons. The van der Waals surface area contributed by atoms with Crippen LogP contribution < -0.4 is 5.32 Å². The van der Waals surface area contributed by atoms with E-state index in [9.17, 15) is 9.59 Å². The molecule has 0 heterocycles. The predicted molar refractivity (Wildman–Crippen MR) is 121 cm³/mol. The van der Waals surface area contributed by atoms with Crippen LogP contribution in [0.3, 0.4) is 0 Å². The van der Waals surface area contributed by atoms with Crippen LogP contribution in [0.25, 0.3) is 0 Å². The third kappa shape index (κ3) is 6.45. The van der Waals surface area contributed by atoms with Crippen molar-refractivity contribution >= 4 is 11.8 Å². The van der Waals surface area contributed by atoms with E-state index in [1.54, 1.807) is 4.90 Å². The molecule has 0 bridgehead atoms. The first-order valence-corrected chi connectivity index (χ1v) is 11.2. The smallest absolute Gasteiger partial charge is 0.242 e. The Morgan fingerprint density at radius 1 is 1.00 bits per heavy atom. The predicted octanol–water partition coefficient (Wildman–Crippen LogP) is 4.45. The zero-order valence-electron chi connectivity index (χ0n) is 18.3. The minimum absolute atomic E-state index is 0.00262. The number of nitrogens with one attached hydrogen (secondary N) is 1. The van der Waals surface area contributed by atoms with Gasteiger partial charge in [-0.05, 0) is 44.2 Å². The van der Waals surface area contributed by atoms with E-state index in [2.05, 4.69) is 17.4 Å². The van der Waals surface area contributed by atoms with Crippen molar-refractivity contribution in [3.8, 4) is 0 Å². The van der Waals surface area contributed by atoms with E-state index in [0.717, 1.165) is 30.4 Å². The maximum atomic E-state index is 13.2. The fourth-order valence-corrected chi connectivity index (χ4v) is 4.24. The molecular formula is C26H34N2O2. The lowest BCUT2D eigenvalue weighted by Crippen LogP contribution is -2.51. The minimum Gasteiger partial charge on any atom is -0.352 e. The Hall–Kier alpha value is -2.62. The monoisotopic (exact) mass is 406 g/mol. The molecule has 1 atom stereocenters. The van der Waals surface area contributed by atoms with E-state index in [1.165, 1.54) is 24.8 Å². The van der Waals surface area contributed by atoms with Crippen molar-refractivity contribution in [2.45, 2.75) is 70.9 Å². The van der Waals surface area contributed by atoms with Crippen molar-refractivity contribution in [2.75, 3.05) is 6.54 Å². The maximum absolute atomic E-state index is 13.2. The molecule has 1 aliphatic carbocycles. The highest BCUT2D eigenvalue weighted by molar-refractivity contribution is 5.88. The Morgan fingerprint density at radius 2 is 1.70 bits per heavy atom. The van der Waals surface area contributed by atoms with E-state index >= 15 is 0 Å². The molecular weight excluding hydrogens is 372 g/mol. The molecule has 1 saturated carbocycles. The Labute approximate surface area is 180 Å². The van der Waals surface area contributed by atoms with E-state index in [-0.39, 0.29) is 17.9 Å². The Bertz CT molecular complexity index is 828. The number of hydrogen-bond acceptors (Lipinski definition) is 2. The van der Waals surface area contributed by atoms with Crippen molar-refractivity contribution in [1.29, 1.82) is 0 Å². The van der Waals surface area contributed by atoms with Gasteiger partial charge in [-0.15, -0.1) is 0 Å². The molecule has 4 heteroatoms. The Kier molecular flexibility index (Phi) is 8.06. The number of benzene rings is 2. The van der Waals surface area contributed by atoms with Crippen LogP contribution in [-0.2, 0) is 22.4 Å². The summed E-state index contributed by atoms with van der Waals surface area (Å²) in [6, 6.07) is 17.9. The summed E-state index contributed by atoms with van der Waals surface area (Å²) in [5, 5.41) is 3.19. The summed E-state index contributed by atoms with van der Waals surface area (Å²) in [5.41, 5.74) is 3.30.